The zero-order valence-electron chi connectivity index (χ0n) is 27.5. The number of fused-ring (bicyclic) bond motifs is 2. The average Bonchev–Trinajstić information content (AvgIpc) is 3.95. The molecule has 3 saturated carbocycles. The third-order valence-electron chi connectivity index (χ3n) is 9.85. The van der Waals surface area contributed by atoms with Crippen LogP contribution in [0.4, 0.5) is 10.5 Å². The number of carbonyl (C=O) groups excluding carboxylic acids is 4. The molecule has 4 amide bonds. The number of benzene rings is 1. The van der Waals surface area contributed by atoms with Crippen molar-refractivity contribution in [1.29, 1.82) is 0 Å². The predicted molar refractivity (Wildman–Crippen MR) is 179 cm³/mol. The van der Waals surface area contributed by atoms with Gasteiger partial charge < -0.3 is 15.0 Å². The van der Waals surface area contributed by atoms with E-state index in [2.05, 4.69) is 20.3 Å². The Morgan fingerprint density at radius 1 is 1.06 bits per heavy atom. The lowest BCUT2D eigenvalue weighted by molar-refractivity contribution is -0.140. The first-order valence-electron chi connectivity index (χ1n) is 16.7. The van der Waals surface area contributed by atoms with Crippen LogP contribution in [0.25, 0.3) is 11.3 Å². The average molecular weight is 678 g/mol. The fourth-order valence-corrected chi connectivity index (χ4v) is 8.22. The topological polar surface area (TPSA) is 164 Å². The minimum Gasteiger partial charge on any atom is -0.446 e. The van der Waals surface area contributed by atoms with Gasteiger partial charge in [0.05, 0.1) is 28.5 Å². The highest BCUT2D eigenvalue weighted by Crippen LogP contribution is 2.47. The minimum absolute atomic E-state index is 0.0716. The number of ether oxygens (including phenoxy) is 1. The molecule has 5 atom stereocenters. The first kappa shape index (κ1) is 33.6. The number of carbonyl (C=O) groups is 4. The van der Waals surface area contributed by atoms with E-state index < -0.39 is 56.7 Å². The Labute approximate surface area is 281 Å². The summed E-state index contributed by atoms with van der Waals surface area (Å²) >= 11 is 0. The quantitative estimate of drug-likeness (QED) is 0.387. The maximum absolute atomic E-state index is 14.0. The van der Waals surface area contributed by atoms with E-state index in [0.29, 0.717) is 30.8 Å². The molecule has 13 heteroatoms. The fourth-order valence-electron chi connectivity index (χ4n) is 6.86. The smallest absolute Gasteiger partial charge is 0.411 e. The molecule has 1 aromatic heterocycles. The minimum atomic E-state index is -3.84. The lowest BCUT2D eigenvalue weighted by atomic mass is 9.93. The van der Waals surface area contributed by atoms with Gasteiger partial charge in [0, 0.05) is 30.8 Å². The van der Waals surface area contributed by atoms with Crippen LogP contribution in [0.15, 0.2) is 48.6 Å². The first-order valence-corrected chi connectivity index (χ1v) is 18.2. The van der Waals surface area contributed by atoms with Crippen molar-refractivity contribution in [2.24, 2.45) is 17.8 Å². The van der Waals surface area contributed by atoms with Crippen molar-refractivity contribution in [2.45, 2.75) is 82.1 Å². The number of allylic oxidation sites excluding steroid dienone is 1. The Morgan fingerprint density at radius 3 is 2.58 bits per heavy atom. The summed E-state index contributed by atoms with van der Waals surface area (Å²) in [5.41, 5.74) is 2.25. The maximum atomic E-state index is 14.0. The number of aryl methyl sites for hydroxylation is 2. The molecule has 0 spiro atoms. The van der Waals surface area contributed by atoms with Crippen LogP contribution in [0.5, 0.6) is 0 Å². The predicted octanol–water partition coefficient (Wildman–Crippen LogP) is 3.99. The summed E-state index contributed by atoms with van der Waals surface area (Å²) in [6.45, 7) is 4.31. The Morgan fingerprint density at radius 2 is 1.83 bits per heavy atom. The third kappa shape index (κ3) is 7.25. The summed E-state index contributed by atoms with van der Waals surface area (Å²) in [5, 5.41) is 5.10. The van der Waals surface area contributed by atoms with Gasteiger partial charge in [-0.1, -0.05) is 30.4 Å². The van der Waals surface area contributed by atoms with Crippen molar-refractivity contribution in [3.8, 4) is 11.3 Å². The normalized spacial score (nSPS) is 28.3. The van der Waals surface area contributed by atoms with Crippen LogP contribution < -0.4 is 15.4 Å². The summed E-state index contributed by atoms with van der Waals surface area (Å²) < 4.78 is 33.4. The van der Waals surface area contributed by atoms with Crippen molar-refractivity contribution < 1.29 is 32.3 Å². The number of nitrogens with one attached hydrogen (secondary N) is 3. The van der Waals surface area contributed by atoms with E-state index in [1.807, 2.05) is 62.4 Å². The van der Waals surface area contributed by atoms with E-state index in [0.717, 1.165) is 36.1 Å². The number of sulfonamides is 1. The Hall–Kier alpha value is -4.26. The summed E-state index contributed by atoms with van der Waals surface area (Å²) in [6.07, 6.45) is 6.09. The molecule has 2 aromatic rings. The van der Waals surface area contributed by atoms with E-state index in [4.69, 9.17) is 4.74 Å². The van der Waals surface area contributed by atoms with Gasteiger partial charge in [-0.2, -0.15) is 0 Å². The molecule has 3 fully saturated rings. The molecule has 48 heavy (non-hydrogen) atoms. The molecule has 0 radical (unpaired) electrons. The van der Waals surface area contributed by atoms with Crippen molar-refractivity contribution in [3.63, 3.8) is 0 Å². The van der Waals surface area contributed by atoms with Crippen LogP contribution >= 0.6 is 0 Å². The monoisotopic (exact) mass is 677 g/mol. The molecular formula is C35H43N5O7S. The first-order chi connectivity index (χ1) is 22.9. The molecule has 2 heterocycles. The molecule has 12 nitrogen and oxygen atoms in total. The van der Waals surface area contributed by atoms with Gasteiger partial charge in [-0.05, 0) is 89.0 Å². The zero-order valence-corrected chi connectivity index (χ0v) is 28.3. The molecule has 0 unspecified atom stereocenters. The second kappa shape index (κ2) is 13.3. The molecule has 0 saturated heterocycles. The highest BCUT2D eigenvalue weighted by Gasteiger charge is 2.62. The van der Waals surface area contributed by atoms with Crippen molar-refractivity contribution in [2.75, 3.05) is 18.9 Å². The summed E-state index contributed by atoms with van der Waals surface area (Å²) in [4.78, 5) is 60.6. The van der Waals surface area contributed by atoms with Crippen molar-refractivity contribution >= 4 is 39.5 Å². The van der Waals surface area contributed by atoms with Gasteiger partial charge in [0.2, 0.25) is 21.8 Å². The molecule has 1 aliphatic heterocycles. The highest BCUT2D eigenvalue weighted by molar-refractivity contribution is 7.91. The Bertz CT molecular complexity index is 1760. The molecule has 4 aliphatic rings. The fraction of sp³-hybridized carbons (Fsp3) is 0.514. The van der Waals surface area contributed by atoms with E-state index >= 15 is 0 Å². The van der Waals surface area contributed by atoms with Crippen LogP contribution in [0.1, 0.15) is 62.6 Å². The Kier molecular flexibility index (Phi) is 9.34. The number of rotatable bonds is 6. The van der Waals surface area contributed by atoms with Crippen molar-refractivity contribution in [3.05, 3.63) is 59.8 Å². The number of nitrogens with zero attached hydrogens (tertiary/aromatic N) is 2. The summed E-state index contributed by atoms with van der Waals surface area (Å²) in [5.74, 6) is -3.57. The van der Waals surface area contributed by atoms with E-state index in [9.17, 15) is 27.6 Å². The second-order valence-electron chi connectivity index (χ2n) is 13.7. The van der Waals surface area contributed by atoms with E-state index in [1.54, 1.807) is 11.9 Å². The van der Waals surface area contributed by atoms with Crippen LogP contribution in [0.3, 0.4) is 0 Å². The van der Waals surface area contributed by atoms with Gasteiger partial charge in [-0.3, -0.25) is 29.4 Å². The van der Waals surface area contributed by atoms with Gasteiger partial charge in [0.1, 0.15) is 11.6 Å². The van der Waals surface area contributed by atoms with Crippen LogP contribution in [0.2, 0.25) is 0 Å². The molecular weight excluding hydrogens is 634 g/mol. The summed E-state index contributed by atoms with van der Waals surface area (Å²) in [6, 6.07) is 11.3. The highest BCUT2D eigenvalue weighted by atomic mass is 32.2. The lowest BCUT2D eigenvalue weighted by Gasteiger charge is -2.26. The molecule has 1 aromatic carbocycles. The number of anilines is 1. The van der Waals surface area contributed by atoms with Gasteiger partial charge in [-0.25, -0.2) is 13.2 Å². The molecule has 0 bridgehead atoms. The van der Waals surface area contributed by atoms with Gasteiger partial charge in [0.25, 0.3) is 5.91 Å². The lowest BCUT2D eigenvalue weighted by Crippen LogP contribution is -2.54. The largest absolute Gasteiger partial charge is 0.446 e. The van der Waals surface area contributed by atoms with Crippen molar-refractivity contribution in [1.82, 2.24) is 19.9 Å². The van der Waals surface area contributed by atoms with Crippen LogP contribution in [0, 0.1) is 31.6 Å². The van der Waals surface area contributed by atoms with E-state index in [1.165, 1.54) is 0 Å². The second-order valence-corrected chi connectivity index (χ2v) is 15.6. The molecule has 256 valence electrons. The zero-order chi connectivity index (χ0) is 34.2. The van der Waals surface area contributed by atoms with Crippen LogP contribution in [-0.4, -0.2) is 72.6 Å². The van der Waals surface area contributed by atoms with Gasteiger partial charge in [-0.15, -0.1) is 0 Å². The van der Waals surface area contributed by atoms with Gasteiger partial charge >= 0.3 is 6.09 Å². The molecule has 3 aliphatic carbocycles. The molecule has 3 N–H and O–H groups in total. The number of aromatic nitrogens is 1. The number of hydrogen-bond donors (Lipinski definition) is 3. The molecule has 6 rings (SSSR count). The van der Waals surface area contributed by atoms with Crippen LogP contribution in [-0.2, 0) is 29.1 Å². The summed E-state index contributed by atoms with van der Waals surface area (Å²) in [7, 11) is -2.14. The van der Waals surface area contributed by atoms with E-state index in [-0.39, 0.29) is 31.1 Å². The number of pyridine rings is 1. The number of hydrogen-bond acceptors (Lipinski definition) is 8. The number of amides is 4. The maximum Gasteiger partial charge on any atom is 0.411 e. The van der Waals surface area contributed by atoms with Gasteiger partial charge in [0.15, 0.2) is 0 Å². The third-order valence-corrected chi connectivity index (χ3v) is 11.7. The Balaban J connectivity index is 1.21. The SMILES string of the molecule is Cc1ccc(-c2cccc(C)n2)c(NC(=O)O[C@@H]2C[C@H]3C(=O)N[C@]4(C(=O)NS(=O)(=O)C5CC5)C[C@@H]4/C=C\CCCCN(C)C(=O)[C@@H]3C2)c1. The standard InChI is InChI=1S/C35H43N5O7S/c1-21-12-15-26(29-11-8-9-22(2)36-29)30(17-21)37-34(44)47-24-18-27-28(19-24)32(42)40(3)16-7-5-4-6-10-23-20-35(23,38-31(27)41)33(43)39-48(45,46)25-13-14-25/h6,8-12,15,17,23-25,27-28H,4-5,7,13-14,16,18-20H2,1-3H3,(H,37,44)(H,38,41)(H,39,43)/b10-6-/t23-,24+,27+,28+,35+/m0/s1.